The Bertz CT molecular complexity index is 642. The molecular weight excluding hydrogens is 300 g/mol. The van der Waals surface area contributed by atoms with E-state index in [1.54, 1.807) is 14.2 Å². The summed E-state index contributed by atoms with van der Waals surface area (Å²) in [7, 11) is 3.20. The summed E-state index contributed by atoms with van der Waals surface area (Å²) in [5.74, 6) is 0. The molecule has 0 radical (unpaired) electrons. The van der Waals surface area contributed by atoms with Crippen LogP contribution < -0.4 is 0 Å². The zero-order chi connectivity index (χ0) is 17.4. The minimum absolute atomic E-state index is 0.428. The van der Waals surface area contributed by atoms with Crippen molar-refractivity contribution in [3.63, 3.8) is 0 Å². The molecule has 0 aliphatic heterocycles. The van der Waals surface area contributed by atoms with Crippen molar-refractivity contribution in [2.45, 2.75) is 32.2 Å². The van der Waals surface area contributed by atoms with Gasteiger partial charge >= 0.3 is 0 Å². The Morgan fingerprint density at radius 1 is 0.958 bits per heavy atom. The van der Waals surface area contributed by atoms with E-state index in [0.29, 0.717) is 0 Å². The van der Waals surface area contributed by atoms with Gasteiger partial charge < -0.3 is 14.6 Å². The molecule has 0 spiro atoms. The minimum Gasteiger partial charge on any atom is -0.384 e. The van der Waals surface area contributed by atoms with Gasteiger partial charge in [0.15, 0.2) is 6.29 Å². The molecule has 0 heterocycles. The van der Waals surface area contributed by atoms with Gasteiger partial charge in [0.2, 0.25) is 0 Å². The van der Waals surface area contributed by atoms with Crippen molar-refractivity contribution in [3.05, 3.63) is 76.9 Å². The lowest BCUT2D eigenvalue weighted by atomic mass is 9.98. The predicted octanol–water partition coefficient (Wildman–Crippen LogP) is 4.87. The molecule has 3 heteroatoms. The van der Waals surface area contributed by atoms with Gasteiger partial charge in [-0.3, -0.25) is 0 Å². The summed E-state index contributed by atoms with van der Waals surface area (Å²) in [5, 5.41) is 10.6. The van der Waals surface area contributed by atoms with Gasteiger partial charge in [-0.2, -0.15) is 0 Å². The fraction of sp³-hybridized carbons (Fsp3) is 0.333. The molecule has 2 aromatic rings. The van der Waals surface area contributed by atoms with Crippen LogP contribution in [0.25, 0.3) is 6.08 Å². The van der Waals surface area contributed by atoms with Crippen molar-refractivity contribution >= 4 is 6.08 Å². The molecular formula is C21H26O3. The van der Waals surface area contributed by atoms with Gasteiger partial charge in [0.1, 0.15) is 6.10 Å². The van der Waals surface area contributed by atoms with E-state index >= 15 is 0 Å². The molecule has 1 atom stereocenters. The third-order valence-electron chi connectivity index (χ3n) is 3.94. The van der Waals surface area contributed by atoms with Crippen LogP contribution in [0.2, 0.25) is 0 Å². The summed E-state index contributed by atoms with van der Waals surface area (Å²) in [4.78, 5) is 0. The van der Waals surface area contributed by atoms with Crippen LogP contribution in [0.1, 0.15) is 54.4 Å². The quantitative estimate of drug-likeness (QED) is 0.703. The molecule has 0 saturated heterocycles. The molecule has 0 amide bonds. The number of hydrogen-bond acceptors (Lipinski definition) is 3. The van der Waals surface area contributed by atoms with E-state index in [1.165, 1.54) is 0 Å². The summed E-state index contributed by atoms with van der Waals surface area (Å²) in [6, 6.07) is 15.6. The number of allylic oxidation sites excluding steroid dienone is 1. The van der Waals surface area contributed by atoms with Gasteiger partial charge in [-0.15, -0.1) is 0 Å². The Kier molecular flexibility index (Phi) is 7.19. The molecule has 3 nitrogen and oxygen atoms in total. The molecule has 0 aliphatic rings. The summed E-state index contributed by atoms with van der Waals surface area (Å²) in [6.45, 7) is 2.16. The number of ether oxygens (including phenoxy) is 2. The SMILES string of the molecule is CCC/C=C/c1ccc(C(O)c2cccc(C(OC)OC)c2)cc1. The summed E-state index contributed by atoms with van der Waals surface area (Å²) < 4.78 is 10.6. The first-order chi connectivity index (χ1) is 11.7. The van der Waals surface area contributed by atoms with Gasteiger partial charge in [0.25, 0.3) is 0 Å². The minimum atomic E-state index is -0.673. The average Bonchev–Trinajstić information content (AvgIpc) is 2.63. The highest BCUT2D eigenvalue weighted by molar-refractivity contribution is 5.50. The first-order valence-corrected chi connectivity index (χ1v) is 8.29. The Morgan fingerprint density at radius 2 is 1.62 bits per heavy atom. The lowest BCUT2D eigenvalue weighted by Crippen LogP contribution is -2.06. The van der Waals surface area contributed by atoms with Crippen molar-refractivity contribution in [3.8, 4) is 0 Å². The van der Waals surface area contributed by atoms with E-state index in [1.807, 2.05) is 48.5 Å². The second-order valence-electron chi connectivity index (χ2n) is 5.73. The van der Waals surface area contributed by atoms with Crippen LogP contribution in [0, 0.1) is 0 Å². The number of unbranched alkanes of at least 4 members (excludes halogenated alkanes) is 1. The molecule has 0 bridgehead atoms. The highest BCUT2D eigenvalue weighted by Crippen LogP contribution is 2.26. The largest absolute Gasteiger partial charge is 0.384 e. The zero-order valence-electron chi connectivity index (χ0n) is 14.6. The van der Waals surface area contributed by atoms with Gasteiger partial charge in [0, 0.05) is 19.8 Å². The number of methoxy groups -OCH3 is 2. The van der Waals surface area contributed by atoms with Crippen molar-refractivity contribution < 1.29 is 14.6 Å². The summed E-state index contributed by atoms with van der Waals surface area (Å²) in [6.07, 6.45) is 5.41. The summed E-state index contributed by atoms with van der Waals surface area (Å²) in [5.41, 5.74) is 3.72. The standard InChI is InChI=1S/C21H26O3/c1-4-5-6-8-16-11-13-17(14-12-16)20(22)18-9-7-10-19(15-18)21(23-2)24-3/h6-15,20-22H,4-5H2,1-3H3/b8-6+. The van der Waals surface area contributed by atoms with Gasteiger partial charge in [-0.05, 0) is 29.2 Å². The second-order valence-corrected chi connectivity index (χ2v) is 5.73. The highest BCUT2D eigenvalue weighted by Gasteiger charge is 2.14. The zero-order valence-corrected chi connectivity index (χ0v) is 14.6. The van der Waals surface area contributed by atoms with Crippen molar-refractivity contribution in [2.24, 2.45) is 0 Å². The smallest absolute Gasteiger partial charge is 0.183 e. The lowest BCUT2D eigenvalue weighted by molar-refractivity contribution is -0.106. The van der Waals surface area contributed by atoms with Crippen molar-refractivity contribution in [2.75, 3.05) is 14.2 Å². The number of aliphatic hydroxyl groups is 1. The topological polar surface area (TPSA) is 38.7 Å². The molecule has 0 saturated carbocycles. The third-order valence-corrected chi connectivity index (χ3v) is 3.94. The van der Waals surface area contributed by atoms with E-state index in [9.17, 15) is 5.11 Å². The second kappa shape index (κ2) is 9.38. The molecule has 1 N–H and O–H groups in total. The monoisotopic (exact) mass is 326 g/mol. The van der Waals surface area contributed by atoms with Crippen LogP contribution >= 0.6 is 0 Å². The Hall–Kier alpha value is -1.94. The van der Waals surface area contributed by atoms with E-state index in [-0.39, 0.29) is 0 Å². The van der Waals surface area contributed by atoms with E-state index in [4.69, 9.17) is 9.47 Å². The van der Waals surface area contributed by atoms with Crippen LogP contribution in [0.3, 0.4) is 0 Å². The molecule has 1 unspecified atom stereocenters. The summed E-state index contributed by atoms with van der Waals surface area (Å²) >= 11 is 0. The van der Waals surface area contributed by atoms with Gasteiger partial charge in [-0.25, -0.2) is 0 Å². The fourth-order valence-electron chi connectivity index (χ4n) is 2.61. The van der Waals surface area contributed by atoms with Crippen LogP contribution in [-0.4, -0.2) is 19.3 Å². The molecule has 24 heavy (non-hydrogen) atoms. The molecule has 0 fully saturated rings. The Morgan fingerprint density at radius 3 is 2.25 bits per heavy atom. The highest BCUT2D eigenvalue weighted by atomic mass is 16.7. The van der Waals surface area contributed by atoms with Crippen LogP contribution in [0.4, 0.5) is 0 Å². The van der Waals surface area contributed by atoms with Crippen LogP contribution in [-0.2, 0) is 9.47 Å². The number of benzene rings is 2. The maximum atomic E-state index is 10.6. The Labute approximate surface area is 144 Å². The number of aliphatic hydroxyl groups excluding tert-OH is 1. The maximum absolute atomic E-state index is 10.6. The normalized spacial score (nSPS) is 12.9. The molecule has 2 rings (SSSR count). The lowest BCUT2D eigenvalue weighted by Gasteiger charge is -2.17. The van der Waals surface area contributed by atoms with E-state index in [2.05, 4.69) is 19.1 Å². The van der Waals surface area contributed by atoms with E-state index < -0.39 is 12.4 Å². The van der Waals surface area contributed by atoms with Crippen molar-refractivity contribution in [1.82, 2.24) is 0 Å². The van der Waals surface area contributed by atoms with Crippen LogP contribution in [0.15, 0.2) is 54.6 Å². The average molecular weight is 326 g/mol. The van der Waals surface area contributed by atoms with Gasteiger partial charge in [0.05, 0.1) is 0 Å². The third kappa shape index (κ3) is 4.78. The Balaban J connectivity index is 2.16. The van der Waals surface area contributed by atoms with E-state index in [0.717, 1.165) is 35.1 Å². The molecule has 128 valence electrons. The number of rotatable bonds is 8. The predicted molar refractivity (Wildman–Crippen MR) is 97.6 cm³/mol. The van der Waals surface area contributed by atoms with Crippen LogP contribution in [0.5, 0.6) is 0 Å². The maximum Gasteiger partial charge on any atom is 0.183 e. The molecule has 2 aromatic carbocycles. The fourth-order valence-corrected chi connectivity index (χ4v) is 2.61. The van der Waals surface area contributed by atoms with Crippen molar-refractivity contribution in [1.29, 1.82) is 0 Å². The molecule has 0 aromatic heterocycles. The molecule has 0 aliphatic carbocycles. The first kappa shape index (κ1) is 18.4. The number of hydrogen-bond donors (Lipinski definition) is 1. The van der Waals surface area contributed by atoms with Gasteiger partial charge in [-0.1, -0.05) is 68.0 Å². The first-order valence-electron chi connectivity index (χ1n) is 8.29.